The van der Waals surface area contributed by atoms with Crippen molar-refractivity contribution in [3.63, 3.8) is 0 Å². The Kier molecular flexibility index (Phi) is 5.16. The molecule has 2 heterocycles. The summed E-state index contributed by atoms with van der Waals surface area (Å²) in [6, 6.07) is 9.29. The maximum Gasteiger partial charge on any atom is 0.253 e. The number of likely N-dealkylation sites (tertiary alicyclic amines) is 1. The highest BCUT2D eigenvalue weighted by atomic mass is 16.2. The number of nitrogens with one attached hydrogen (secondary N) is 2. The van der Waals surface area contributed by atoms with Gasteiger partial charge in [-0.15, -0.1) is 0 Å². The number of benzene rings is 1. The number of carbonyl (C=O) groups excluding carboxylic acids is 2. The van der Waals surface area contributed by atoms with Crippen LogP contribution >= 0.6 is 0 Å². The van der Waals surface area contributed by atoms with Crippen molar-refractivity contribution in [3.8, 4) is 0 Å². The molecule has 1 fully saturated rings. The van der Waals surface area contributed by atoms with Crippen molar-refractivity contribution < 1.29 is 9.59 Å². The average Bonchev–Trinajstić information content (AvgIpc) is 2.94. The lowest BCUT2D eigenvalue weighted by molar-refractivity contribution is -0.121. The fourth-order valence-corrected chi connectivity index (χ4v) is 3.32. The highest BCUT2D eigenvalue weighted by Gasteiger charge is 2.25. The maximum atomic E-state index is 12.6. The third-order valence-electron chi connectivity index (χ3n) is 4.71. The van der Waals surface area contributed by atoms with Gasteiger partial charge in [0.1, 0.15) is 0 Å². The number of carbonyl (C=O) groups is 2. The summed E-state index contributed by atoms with van der Waals surface area (Å²) >= 11 is 0. The molecule has 1 saturated heterocycles. The standard InChI is InChI=1S/C19H24N4O2/c1-13-17(14(2)22-21-13)11-18(24)20-16-9-6-10-23(12-16)19(25)15-7-4-3-5-8-15/h3-5,7-8,16H,6,9-12H2,1-2H3,(H,20,24)(H,21,22)/t16-/m1/s1. The minimum atomic E-state index is -0.0217. The number of piperidine rings is 1. The summed E-state index contributed by atoms with van der Waals surface area (Å²) < 4.78 is 0. The molecular formula is C19H24N4O2. The molecule has 2 aromatic rings. The van der Waals surface area contributed by atoms with Crippen molar-refractivity contribution in [1.82, 2.24) is 20.4 Å². The van der Waals surface area contributed by atoms with E-state index < -0.39 is 0 Å². The molecule has 3 rings (SSSR count). The van der Waals surface area contributed by atoms with E-state index in [0.717, 1.165) is 36.3 Å². The Hall–Kier alpha value is -2.63. The number of hydrogen-bond donors (Lipinski definition) is 2. The summed E-state index contributed by atoms with van der Waals surface area (Å²) in [5.41, 5.74) is 3.43. The largest absolute Gasteiger partial charge is 0.351 e. The molecule has 1 aliphatic heterocycles. The van der Waals surface area contributed by atoms with Crippen LogP contribution < -0.4 is 5.32 Å². The third kappa shape index (κ3) is 4.07. The molecule has 0 saturated carbocycles. The molecule has 6 nitrogen and oxygen atoms in total. The van der Waals surface area contributed by atoms with Crippen LogP contribution in [0.15, 0.2) is 30.3 Å². The molecule has 1 aromatic carbocycles. The summed E-state index contributed by atoms with van der Waals surface area (Å²) in [7, 11) is 0. The van der Waals surface area contributed by atoms with Gasteiger partial charge in [0, 0.05) is 36.0 Å². The van der Waals surface area contributed by atoms with Crippen LogP contribution in [0.1, 0.15) is 40.2 Å². The second kappa shape index (κ2) is 7.51. The highest BCUT2D eigenvalue weighted by molar-refractivity contribution is 5.94. The van der Waals surface area contributed by atoms with E-state index in [9.17, 15) is 9.59 Å². The van der Waals surface area contributed by atoms with Crippen LogP contribution in [-0.2, 0) is 11.2 Å². The van der Waals surface area contributed by atoms with Crippen molar-refractivity contribution in [1.29, 1.82) is 0 Å². The van der Waals surface area contributed by atoms with Gasteiger partial charge in [-0.25, -0.2) is 0 Å². The number of amides is 2. The lowest BCUT2D eigenvalue weighted by Crippen LogP contribution is -2.50. The van der Waals surface area contributed by atoms with E-state index in [1.54, 1.807) is 0 Å². The predicted molar refractivity (Wildman–Crippen MR) is 95.3 cm³/mol. The van der Waals surface area contributed by atoms with Gasteiger partial charge in [0.05, 0.1) is 12.1 Å². The quantitative estimate of drug-likeness (QED) is 0.893. The Morgan fingerprint density at radius 1 is 1.28 bits per heavy atom. The van der Waals surface area contributed by atoms with Gasteiger partial charge in [-0.2, -0.15) is 5.10 Å². The number of hydrogen-bond acceptors (Lipinski definition) is 3. The molecule has 0 radical (unpaired) electrons. The van der Waals surface area contributed by atoms with Crippen LogP contribution in [0.2, 0.25) is 0 Å². The van der Waals surface area contributed by atoms with Gasteiger partial charge in [0.2, 0.25) is 5.91 Å². The number of nitrogens with zero attached hydrogens (tertiary/aromatic N) is 2. The first kappa shape index (κ1) is 17.2. The van der Waals surface area contributed by atoms with E-state index >= 15 is 0 Å². The second-order valence-corrected chi connectivity index (χ2v) is 6.61. The minimum absolute atomic E-state index is 0.00132. The second-order valence-electron chi connectivity index (χ2n) is 6.61. The number of aromatic nitrogens is 2. The zero-order valence-electron chi connectivity index (χ0n) is 14.7. The van der Waals surface area contributed by atoms with Crippen molar-refractivity contribution >= 4 is 11.8 Å². The summed E-state index contributed by atoms with van der Waals surface area (Å²) in [5, 5.41) is 10.1. The molecule has 1 atom stereocenters. The first-order chi connectivity index (χ1) is 12.0. The Bertz CT molecular complexity index is 735. The van der Waals surface area contributed by atoms with Gasteiger partial charge in [-0.1, -0.05) is 18.2 Å². The van der Waals surface area contributed by atoms with Crippen LogP contribution in [0.25, 0.3) is 0 Å². The fraction of sp³-hybridized carbons (Fsp3) is 0.421. The van der Waals surface area contributed by atoms with Gasteiger partial charge < -0.3 is 10.2 Å². The topological polar surface area (TPSA) is 78.1 Å². The molecule has 132 valence electrons. The normalized spacial score (nSPS) is 17.4. The lowest BCUT2D eigenvalue weighted by atomic mass is 10.0. The Labute approximate surface area is 147 Å². The number of aromatic amines is 1. The van der Waals surface area contributed by atoms with Crippen molar-refractivity contribution in [2.24, 2.45) is 0 Å². The molecule has 2 N–H and O–H groups in total. The molecule has 0 bridgehead atoms. The minimum Gasteiger partial charge on any atom is -0.351 e. The first-order valence-corrected chi connectivity index (χ1v) is 8.68. The Morgan fingerprint density at radius 2 is 2.04 bits per heavy atom. The number of aryl methyl sites for hydroxylation is 2. The number of rotatable bonds is 4. The maximum absolute atomic E-state index is 12.6. The first-order valence-electron chi connectivity index (χ1n) is 8.68. The van der Waals surface area contributed by atoms with Gasteiger partial charge >= 0.3 is 0 Å². The van der Waals surface area contributed by atoms with E-state index in [1.807, 2.05) is 49.1 Å². The molecule has 1 aliphatic rings. The molecule has 25 heavy (non-hydrogen) atoms. The van der Waals surface area contributed by atoms with Gasteiger partial charge in [0.15, 0.2) is 0 Å². The Balaban J connectivity index is 1.58. The zero-order valence-corrected chi connectivity index (χ0v) is 14.7. The molecule has 2 amide bonds. The molecule has 0 aliphatic carbocycles. The summed E-state index contributed by atoms with van der Waals surface area (Å²) in [4.78, 5) is 26.8. The monoisotopic (exact) mass is 340 g/mol. The van der Waals surface area contributed by atoms with Crippen LogP contribution in [0.4, 0.5) is 0 Å². The smallest absolute Gasteiger partial charge is 0.253 e. The third-order valence-corrected chi connectivity index (χ3v) is 4.71. The van der Waals surface area contributed by atoms with Crippen LogP contribution in [0, 0.1) is 13.8 Å². The molecule has 0 unspecified atom stereocenters. The molecule has 1 aromatic heterocycles. The van der Waals surface area contributed by atoms with Crippen molar-refractivity contribution in [2.45, 2.75) is 39.2 Å². The zero-order chi connectivity index (χ0) is 17.8. The van der Waals surface area contributed by atoms with Crippen molar-refractivity contribution in [2.75, 3.05) is 13.1 Å². The van der Waals surface area contributed by atoms with Gasteiger partial charge in [0.25, 0.3) is 5.91 Å². The SMILES string of the molecule is Cc1n[nH]c(C)c1CC(=O)N[C@@H]1CCCN(C(=O)c2ccccc2)C1. The van der Waals surface area contributed by atoms with E-state index in [-0.39, 0.29) is 17.9 Å². The predicted octanol–water partition coefficient (Wildman–Crippen LogP) is 1.99. The molecule has 0 spiro atoms. The lowest BCUT2D eigenvalue weighted by Gasteiger charge is -2.33. The summed E-state index contributed by atoms with van der Waals surface area (Å²) in [6.45, 7) is 5.11. The van der Waals surface area contributed by atoms with Crippen LogP contribution in [0.3, 0.4) is 0 Å². The fourth-order valence-electron chi connectivity index (χ4n) is 3.32. The molecule has 6 heteroatoms. The van der Waals surface area contributed by atoms with Gasteiger partial charge in [-0.05, 0) is 38.8 Å². The van der Waals surface area contributed by atoms with Crippen LogP contribution in [-0.4, -0.2) is 46.0 Å². The highest BCUT2D eigenvalue weighted by Crippen LogP contribution is 2.15. The summed E-state index contributed by atoms with van der Waals surface area (Å²) in [6.07, 6.45) is 2.11. The van der Waals surface area contributed by atoms with E-state index in [4.69, 9.17) is 0 Å². The van der Waals surface area contributed by atoms with E-state index in [1.165, 1.54) is 0 Å². The molecular weight excluding hydrogens is 316 g/mol. The Morgan fingerprint density at radius 3 is 2.72 bits per heavy atom. The van der Waals surface area contributed by atoms with Crippen LogP contribution in [0.5, 0.6) is 0 Å². The average molecular weight is 340 g/mol. The van der Waals surface area contributed by atoms with Crippen molar-refractivity contribution in [3.05, 3.63) is 52.8 Å². The van der Waals surface area contributed by atoms with E-state index in [2.05, 4.69) is 15.5 Å². The summed E-state index contributed by atoms with van der Waals surface area (Å²) in [5.74, 6) is 0.00711. The van der Waals surface area contributed by atoms with Gasteiger partial charge in [-0.3, -0.25) is 14.7 Å². The number of H-pyrrole nitrogens is 1. The van der Waals surface area contributed by atoms with E-state index in [0.29, 0.717) is 18.5 Å².